The van der Waals surface area contributed by atoms with Gasteiger partial charge in [-0.3, -0.25) is 9.80 Å². The predicted molar refractivity (Wildman–Crippen MR) is 85.1 cm³/mol. The van der Waals surface area contributed by atoms with E-state index in [-0.39, 0.29) is 24.3 Å². The Balaban J connectivity index is 2.13. The molecule has 0 unspecified atom stereocenters. The maximum atomic E-state index is 13.4. The van der Waals surface area contributed by atoms with E-state index in [4.69, 9.17) is 4.74 Å². The third-order valence-electron chi connectivity index (χ3n) is 4.19. The number of hydrogen-bond donors (Lipinski definition) is 0. The molecule has 0 aromatic heterocycles. The number of benzene rings is 1. The zero-order chi connectivity index (χ0) is 18.4. The normalized spacial score (nSPS) is 16.8. The molecule has 1 saturated heterocycles. The molecule has 0 amide bonds. The van der Waals surface area contributed by atoms with Crippen LogP contribution in [-0.2, 0) is 17.5 Å². The van der Waals surface area contributed by atoms with Crippen LogP contribution in [0.2, 0.25) is 0 Å². The van der Waals surface area contributed by atoms with Crippen LogP contribution in [0.4, 0.5) is 17.6 Å². The molecule has 1 aromatic carbocycles. The number of carbonyl (C=O) groups is 1. The van der Waals surface area contributed by atoms with Crippen molar-refractivity contribution in [2.24, 2.45) is 0 Å². The van der Waals surface area contributed by atoms with Gasteiger partial charge in [-0.2, -0.15) is 13.2 Å². The van der Waals surface area contributed by atoms with E-state index in [2.05, 4.69) is 0 Å². The largest absolute Gasteiger partial charge is 0.462 e. The van der Waals surface area contributed by atoms with Crippen LogP contribution in [0.5, 0.6) is 0 Å². The van der Waals surface area contributed by atoms with Gasteiger partial charge in [0.25, 0.3) is 0 Å². The van der Waals surface area contributed by atoms with Crippen molar-refractivity contribution in [3.63, 3.8) is 0 Å². The molecule has 25 heavy (non-hydrogen) atoms. The molecule has 1 heterocycles. The SMILES string of the molecule is CCOC(=O)c1ccc(CN2CCN(CCF)CC2)c(C(F)(F)F)c1. The summed E-state index contributed by atoms with van der Waals surface area (Å²) >= 11 is 0. The first-order valence-electron chi connectivity index (χ1n) is 8.23. The summed E-state index contributed by atoms with van der Waals surface area (Å²) in [4.78, 5) is 15.5. The molecule has 140 valence electrons. The Bertz CT molecular complexity index is 585. The Labute approximate surface area is 144 Å². The quantitative estimate of drug-likeness (QED) is 0.575. The molecule has 0 aliphatic carbocycles. The van der Waals surface area contributed by atoms with E-state index < -0.39 is 24.4 Å². The van der Waals surface area contributed by atoms with Gasteiger partial charge in [-0.1, -0.05) is 6.07 Å². The summed E-state index contributed by atoms with van der Waals surface area (Å²) < 4.78 is 57.2. The first-order valence-corrected chi connectivity index (χ1v) is 8.23. The zero-order valence-electron chi connectivity index (χ0n) is 14.1. The van der Waals surface area contributed by atoms with Gasteiger partial charge in [0.05, 0.1) is 17.7 Å². The molecule has 1 aliphatic rings. The monoisotopic (exact) mass is 362 g/mol. The molecule has 1 fully saturated rings. The van der Waals surface area contributed by atoms with Crippen molar-refractivity contribution in [3.8, 4) is 0 Å². The van der Waals surface area contributed by atoms with Gasteiger partial charge in [0.2, 0.25) is 0 Å². The summed E-state index contributed by atoms with van der Waals surface area (Å²) in [5.41, 5.74) is -0.797. The van der Waals surface area contributed by atoms with Crippen molar-refractivity contribution in [2.75, 3.05) is 46.0 Å². The first kappa shape index (κ1) is 19.7. The fraction of sp³-hybridized carbons (Fsp3) is 0.588. The highest BCUT2D eigenvalue weighted by molar-refractivity contribution is 5.89. The minimum Gasteiger partial charge on any atom is -0.462 e. The standard InChI is InChI=1S/C17H22F4N2O2/c1-2-25-16(24)13-3-4-14(15(11-13)17(19,20)21)12-23-9-7-22(6-5-18)8-10-23/h3-4,11H,2,5-10,12H2,1H3. The molecule has 0 atom stereocenters. The third kappa shape index (κ3) is 5.40. The second-order valence-corrected chi connectivity index (χ2v) is 5.90. The van der Waals surface area contributed by atoms with Gasteiger partial charge in [0, 0.05) is 39.3 Å². The third-order valence-corrected chi connectivity index (χ3v) is 4.19. The number of piperazine rings is 1. The van der Waals surface area contributed by atoms with Crippen LogP contribution in [0.25, 0.3) is 0 Å². The highest BCUT2D eigenvalue weighted by Crippen LogP contribution is 2.33. The fourth-order valence-electron chi connectivity index (χ4n) is 2.85. The maximum Gasteiger partial charge on any atom is 0.416 e. The lowest BCUT2D eigenvalue weighted by Gasteiger charge is -2.34. The number of halogens is 4. The van der Waals surface area contributed by atoms with E-state index in [1.165, 1.54) is 12.1 Å². The van der Waals surface area contributed by atoms with E-state index in [0.29, 0.717) is 32.7 Å². The van der Waals surface area contributed by atoms with Crippen molar-refractivity contribution in [3.05, 3.63) is 34.9 Å². The topological polar surface area (TPSA) is 32.8 Å². The van der Waals surface area contributed by atoms with Gasteiger partial charge < -0.3 is 4.74 Å². The van der Waals surface area contributed by atoms with Crippen molar-refractivity contribution in [2.45, 2.75) is 19.6 Å². The number of hydrogen-bond acceptors (Lipinski definition) is 4. The number of carbonyl (C=O) groups excluding carboxylic acids is 1. The maximum absolute atomic E-state index is 13.4. The Morgan fingerprint density at radius 1 is 1.16 bits per heavy atom. The summed E-state index contributed by atoms with van der Waals surface area (Å²) in [6, 6.07) is 3.55. The number of alkyl halides is 4. The van der Waals surface area contributed by atoms with Crippen LogP contribution >= 0.6 is 0 Å². The molecule has 1 aliphatic heterocycles. The Morgan fingerprint density at radius 3 is 2.36 bits per heavy atom. The summed E-state index contributed by atoms with van der Waals surface area (Å²) in [6.07, 6.45) is -4.55. The van der Waals surface area contributed by atoms with Gasteiger partial charge in [0.1, 0.15) is 6.67 Å². The van der Waals surface area contributed by atoms with Crippen LogP contribution in [0.15, 0.2) is 18.2 Å². The van der Waals surface area contributed by atoms with Crippen LogP contribution in [0.1, 0.15) is 28.4 Å². The van der Waals surface area contributed by atoms with Gasteiger partial charge in [-0.05, 0) is 24.6 Å². The highest BCUT2D eigenvalue weighted by atomic mass is 19.4. The summed E-state index contributed by atoms with van der Waals surface area (Å²) in [5, 5.41) is 0. The molecule has 4 nitrogen and oxygen atoms in total. The number of rotatable bonds is 6. The summed E-state index contributed by atoms with van der Waals surface area (Å²) in [6.45, 7) is 4.20. The van der Waals surface area contributed by atoms with E-state index >= 15 is 0 Å². The van der Waals surface area contributed by atoms with Crippen molar-refractivity contribution >= 4 is 5.97 Å². The van der Waals surface area contributed by atoms with Gasteiger partial charge >= 0.3 is 12.1 Å². The summed E-state index contributed by atoms with van der Waals surface area (Å²) in [5.74, 6) is -0.764. The Hall–Kier alpha value is -1.67. The minimum atomic E-state index is -4.55. The highest BCUT2D eigenvalue weighted by Gasteiger charge is 2.34. The number of esters is 1. The van der Waals surface area contributed by atoms with Crippen LogP contribution in [0.3, 0.4) is 0 Å². The molecule has 0 spiro atoms. The minimum absolute atomic E-state index is 0.102. The Morgan fingerprint density at radius 2 is 1.80 bits per heavy atom. The number of nitrogens with zero attached hydrogens (tertiary/aromatic N) is 2. The predicted octanol–water partition coefficient (Wildman–Crippen LogP) is 2.97. The molecule has 0 radical (unpaired) electrons. The molecule has 8 heteroatoms. The molecular weight excluding hydrogens is 340 g/mol. The summed E-state index contributed by atoms with van der Waals surface area (Å²) in [7, 11) is 0. The van der Waals surface area contributed by atoms with Crippen molar-refractivity contribution in [1.82, 2.24) is 9.80 Å². The van der Waals surface area contributed by atoms with Gasteiger partial charge in [-0.15, -0.1) is 0 Å². The van der Waals surface area contributed by atoms with Crippen molar-refractivity contribution in [1.29, 1.82) is 0 Å². The van der Waals surface area contributed by atoms with Crippen LogP contribution in [0, 0.1) is 0 Å². The molecule has 0 saturated carbocycles. The zero-order valence-corrected chi connectivity index (χ0v) is 14.1. The van der Waals surface area contributed by atoms with E-state index in [0.717, 1.165) is 6.07 Å². The second-order valence-electron chi connectivity index (χ2n) is 5.90. The Kier molecular flexibility index (Phi) is 6.78. The average Bonchev–Trinajstić information content (AvgIpc) is 2.56. The molecule has 0 bridgehead atoms. The van der Waals surface area contributed by atoms with Crippen LogP contribution in [-0.4, -0.2) is 61.8 Å². The average molecular weight is 362 g/mol. The molecule has 0 N–H and O–H groups in total. The fourth-order valence-corrected chi connectivity index (χ4v) is 2.85. The smallest absolute Gasteiger partial charge is 0.416 e. The van der Waals surface area contributed by atoms with Crippen molar-refractivity contribution < 1.29 is 27.1 Å². The van der Waals surface area contributed by atoms with Gasteiger partial charge in [0.15, 0.2) is 0 Å². The van der Waals surface area contributed by atoms with Gasteiger partial charge in [-0.25, -0.2) is 9.18 Å². The first-order chi connectivity index (χ1) is 11.8. The molecular formula is C17H22F4N2O2. The lowest BCUT2D eigenvalue weighted by Crippen LogP contribution is -2.46. The van der Waals surface area contributed by atoms with Crippen LogP contribution < -0.4 is 0 Å². The lowest BCUT2D eigenvalue weighted by molar-refractivity contribution is -0.138. The number of ether oxygens (including phenoxy) is 1. The lowest BCUT2D eigenvalue weighted by atomic mass is 10.0. The van der Waals surface area contributed by atoms with E-state index in [9.17, 15) is 22.4 Å². The molecule has 2 rings (SSSR count). The van der Waals surface area contributed by atoms with E-state index in [1.807, 2.05) is 9.80 Å². The van der Waals surface area contributed by atoms with E-state index in [1.54, 1.807) is 6.92 Å². The second kappa shape index (κ2) is 8.62. The molecule has 1 aromatic rings.